The van der Waals surface area contributed by atoms with Crippen LogP contribution in [-0.2, 0) is 29.6 Å². The maximum atomic E-state index is 13.0. The summed E-state index contributed by atoms with van der Waals surface area (Å²) in [6, 6.07) is 1.83. The maximum Gasteiger partial charge on any atom is 0.469 e. The lowest BCUT2D eigenvalue weighted by Gasteiger charge is -2.35. The number of carbonyl (C=O) groups is 3. The normalized spacial score (nSPS) is 16.9. The second kappa shape index (κ2) is 12.0. The lowest BCUT2D eigenvalue weighted by molar-refractivity contribution is -0.139. The van der Waals surface area contributed by atoms with Crippen molar-refractivity contribution in [2.45, 2.75) is 43.9 Å². The van der Waals surface area contributed by atoms with Crippen LogP contribution in [0.2, 0.25) is 0 Å². The van der Waals surface area contributed by atoms with E-state index >= 15 is 0 Å². The molecule has 1 saturated heterocycles. The van der Waals surface area contributed by atoms with E-state index < -0.39 is 62.6 Å². The number of hydrogen-bond donors (Lipinski definition) is 5. The van der Waals surface area contributed by atoms with Crippen LogP contribution >= 0.6 is 7.82 Å². The monoisotopic (exact) mass is 525 g/mol. The van der Waals surface area contributed by atoms with Crippen LogP contribution in [0.4, 0.5) is 13.2 Å². The van der Waals surface area contributed by atoms with Gasteiger partial charge in [-0.25, -0.2) is 4.57 Å². The number of rotatable bonds is 9. The molecule has 1 aliphatic rings. The average molecular weight is 525 g/mol. The van der Waals surface area contributed by atoms with Crippen molar-refractivity contribution in [2.75, 3.05) is 26.3 Å². The highest BCUT2D eigenvalue weighted by molar-refractivity contribution is 7.46. The molecule has 1 fully saturated rings. The fourth-order valence-corrected chi connectivity index (χ4v) is 4.00. The van der Waals surface area contributed by atoms with Crippen molar-refractivity contribution in [2.24, 2.45) is 0 Å². The number of phosphoric ester groups is 1. The summed E-state index contributed by atoms with van der Waals surface area (Å²) in [7, 11) is -4.98. The van der Waals surface area contributed by atoms with E-state index in [1.165, 1.54) is 17.0 Å². The summed E-state index contributed by atoms with van der Waals surface area (Å²) >= 11 is 0. The van der Waals surface area contributed by atoms with Gasteiger partial charge in [0.05, 0.1) is 18.8 Å². The summed E-state index contributed by atoms with van der Waals surface area (Å²) in [5.74, 6) is -2.41. The van der Waals surface area contributed by atoms with Crippen molar-refractivity contribution in [3.05, 3.63) is 35.4 Å². The summed E-state index contributed by atoms with van der Waals surface area (Å²) in [4.78, 5) is 55.9. The molecule has 0 aliphatic carbocycles. The van der Waals surface area contributed by atoms with Gasteiger partial charge in [-0.05, 0) is 36.5 Å². The molecule has 1 aromatic carbocycles. The highest BCUT2D eigenvalue weighted by atomic mass is 31.2. The Labute approximate surface area is 198 Å². The molecule has 196 valence electrons. The predicted molar refractivity (Wildman–Crippen MR) is 115 cm³/mol. The number of nitrogens with one attached hydrogen (secondary N) is 2. The topological polar surface area (TPSA) is 166 Å². The smallest absolute Gasteiger partial charge is 0.394 e. The fraction of sp³-hybridized carbons (Fsp3) is 0.550. The van der Waals surface area contributed by atoms with Gasteiger partial charge in [0.1, 0.15) is 12.1 Å². The lowest BCUT2D eigenvalue weighted by atomic mass is 9.88. The number of amides is 3. The van der Waals surface area contributed by atoms with E-state index in [9.17, 15) is 37.2 Å². The Balaban J connectivity index is 2.06. The number of hydrogen-bond acceptors (Lipinski definition) is 6. The Morgan fingerprint density at radius 1 is 1.11 bits per heavy atom. The van der Waals surface area contributed by atoms with Crippen molar-refractivity contribution in [3.8, 4) is 0 Å². The minimum atomic E-state index is -4.98. The van der Waals surface area contributed by atoms with Gasteiger partial charge in [-0.15, -0.1) is 0 Å². The van der Waals surface area contributed by atoms with Gasteiger partial charge in [-0.1, -0.05) is 12.1 Å². The molecule has 1 aliphatic heterocycles. The molecule has 0 spiro atoms. The molecular formula is C20H27F3N3O8P. The first kappa shape index (κ1) is 28.7. The van der Waals surface area contributed by atoms with Crippen LogP contribution in [0.5, 0.6) is 0 Å². The van der Waals surface area contributed by atoms with Crippen LogP contribution < -0.4 is 10.6 Å². The quantitative estimate of drug-likeness (QED) is 0.291. The van der Waals surface area contributed by atoms with Gasteiger partial charge in [0.2, 0.25) is 17.7 Å². The summed E-state index contributed by atoms with van der Waals surface area (Å²) in [5.41, 5.74) is -0.0844. The predicted octanol–water partition coefficient (Wildman–Crippen LogP) is 0.502. The summed E-state index contributed by atoms with van der Waals surface area (Å²) in [6.45, 7) is -0.212. The van der Waals surface area contributed by atoms with Crippen molar-refractivity contribution >= 4 is 25.5 Å². The first-order valence-electron chi connectivity index (χ1n) is 10.6. The van der Waals surface area contributed by atoms with E-state index in [1.807, 2.05) is 0 Å². The SMILES string of the molecule is CC(=O)NC(CO)C(=O)NC(COP(=O)(O)O)C(=O)N1CCC(c2ccc(C(F)(F)F)cc2)CC1. The highest BCUT2D eigenvalue weighted by Gasteiger charge is 2.34. The van der Waals surface area contributed by atoms with Gasteiger partial charge in [0.15, 0.2) is 0 Å². The second-order valence-corrected chi connectivity index (χ2v) is 9.24. The molecule has 1 heterocycles. The Kier molecular flexibility index (Phi) is 9.81. The fourth-order valence-electron chi connectivity index (χ4n) is 3.66. The van der Waals surface area contributed by atoms with Gasteiger partial charge in [0.25, 0.3) is 0 Å². The zero-order valence-corrected chi connectivity index (χ0v) is 19.6. The number of benzene rings is 1. The number of phosphoric acid groups is 1. The zero-order chi connectivity index (χ0) is 26.4. The lowest BCUT2D eigenvalue weighted by Crippen LogP contribution is -2.57. The molecule has 1 aromatic rings. The Morgan fingerprint density at radius 2 is 1.69 bits per heavy atom. The molecule has 0 radical (unpaired) electrons. The molecule has 15 heteroatoms. The van der Waals surface area contributed by atoms with Gasteiger partial charge in [-0.3, -0.25) is 18.9 Å². The van der Waals surface area contributed by atoms with E-state index in [2.05, 4.69) is 15.2 Å². The molecule has 11 nitrogen and oxygen atoms in total. The van der Waals surface area contributed by atoms with Crippen molar-refractivity contribution in [1.29, 1.82) is 0 Å². The van der Waals surface area contributed by atoms with Crippen LogP contribution in [0.1, 0.15) is 36.8 Å². The number of likely N-dealkylation sites (tertiary alicyclic amines) is 1. The number of nitrogens with zero attached hydrogens (tertiary/aromatic N) is 1. The molecule has 0 aromatic heterocycles. The van der Waals surface area contributed by atoms with E-state index in [4.69, 9.17) is 9.79 Å². The molecule has 2 unspecified atom stereocenters. The Hall–Kier alpha value is -2.51. The van der Waals surface area contributed by atoms with Gasteiger partial charge >= 0.3 is 14.0 Å². The largest absolute Gasteiger partial charge is 0.469 e. The van der Waals surface area contributed by atoms with E-state index in [0.717, 1.165) is 19.1 Å². The number of aliphatic hydroxyl groups excluding tert-OH is 1. The third-order valence-electron chi connectivity index (χ3n) is 5.42. The number of carbonyl (C=O) groups excluding carboxylic acids is 3. The minimum Gasteiger partial charge on any atom is -0.394 e. The van der Waals surface area contributed by atoms with Crippen LogP contribution in [0.25, 0.3) is 0 Å². The molecule has 2 atom stereocenters. The Morgan fingerprint density at radius 3 is 2.14 bits per heavy atom. The summed E-state index contributed by atoms with van der Waals surface area (Å²) in [6.07, 6.45) is -3.64. The average Bonchev–Trinajstić information content (AvgIpc) is 2.78. The van der Waals surface area contributed by atoms with E-state index in [-0.39, 0.29) is 19.0 Å². The summed E-state index contributed by atoms with van der Waals surface area (Å²) < 4.78 is 53.8. The van der Waals surface area contributed by atoms with Gasteiger partial charge in [-0.2, -0.15) is 13.2 Å². The molecule has 0 saturated carbocycles. The number of piperidine rings is 1. The van der Waals surface area contributed by atoms with Crippen LogP contribution in [-0.4, -0.2) is 75.9 Å². The van der Waals surface area contributed by atoms with Crippen molar-refractivity contribution in [1.82, 2.24) is 15.5 Å². The number of alkyl halides is 3. The first-order valence-corrected chi connectivity index (χ1v) is 12.1. The third kappa shape index (κ3) is 8.89. The van der Waals surface area contributed by atoms with Crippen LogP contribution in [0, 0.1) is 0 Å². The first-order chi connectivity index (χ1) is 16.2. The zero-order valence-electron chi connectivity index (χ0n) is 18.7. The maximum absolute atomic E-state index is 13.0. The van der Waals surface area contributed by atoms with Crippen LogP contribution in [0.15, 0.2) is 24.3 Å². The second-order valence-electron chi connectivity index (χ2n) is 8.00. The minimum absolute atomic E-state index is 0.112. The van der Waals surface area contributed by atoms with E-state index in [0.29, 0.717) is 18.4 Å². The standard InChI is InChI=1S/C20H27F3N3O8P/c1-12(28)24-16(10-27)18(29)25-17(11-34-35(31,32)33)19(30)26-8-6-14(7-9-26)13-2-4-15(5-3-13)20(21,22)23/h2-5,14,16-17,27H,6-11H2,1H3,(H,24,28)(H,25,29)(H2,31,32,33). The molecule has 5 N–H and O–H groups in total. The molecular weight excluding hydrogens is 498 g/mol. The molecule has 3 amide bonds. The van der Waals surface area contributed by atoms with Crippen molar-refractivity contribution < 1.29 is 51.5 Å². The third-order valence-corrected chi connectivity index (χ3v) is 5.90. The van der Waals surface area contributed by atoms with Crippen molar-refractivity contribution in [3.63, 3.8) is 0 Å². The highest BCUT2D eigenvalue weighted by Crippen LogP contribution is 2.36. The van der Waals surface area contributed by atoms with E-state index in [1.54, 1.807) is 0 Å². The Bertz CT molecular complexity index is 946. The van der Waals surface area contributed by atoms with Gasteiger partial charge < -0.3 is 30.4 Å². The van der Waals surface area contributed by atoms with Gasteiger partial charge in [0, 0.05) is 20.0 Å². The number of aliphatic hydroxyl groups is 1. The number of halogens is 3. The molecule has 2 rings (SSSR count). The molecule has 0 bridgehead atoms. The molecule has 35 heavy (non-hydrogen) atoms. The van der Waals surface area contributed by atoms with Crippen LogP contribution in [0.3, 0.4) is 0 Å². The summed E-state index contributed by atoms with van der Waals surface area (Å²) in [5, 5.41) is 13.7.